The van der Waals surface area contributed by atoms with Gasteiger partial charge in [0, 0.05) is 74.1 Å². The van der Waals surface area contributed by atoms with Crippen molar-refractivity contribution in [3.05, 3.63) is 110 Å². The number of hydrogen-bond acceptors (Lipinski definition) is 21. The van der Waals surface area contributed by atoms with Crippen LogP contribution in [0.4, 0.5) is 4.39 Å². The number of carbonyl (C=O) groups excluding carboxylic acids is 11. The Morgan fingerprint density at radius 1 is 0.762 bits per heavy atom. The zero-order valence-electron chi connectivity index (χ0n) is 55.8. The highest BCUT2D eigenvalue weighted by atomic mass is 19.1. The second-order valence-electron chi connectivity index (χ2n) is 26.6. The Hall–Kier alpha value is -9.44. The third-order valence-electron chi connectivity index (χ3n) is 19.2. The molecule has 13 N–H and O–H groups in total. The Balaban J connectivity index is 0.700. The van der Waals surface area contributed by atoms with E-state index >= 15 is 4.39 Å². The van der Waals surface area contributed by atoms with Gasteiger partial charge in [-0.05, 0) is 98.4 Å². The molecule has 2 aromatic heterocycles. The fourth-order valence-corrected chi connectivity index (χ4v) is 13.2. The molecule has 2 saturated carbocycles. The van der Waals surface area contributed by atoms with Crippen molar-refractivity contribution in [2.45, 2.75) is 164 Å². The second-order valence-corrected chi connectivity index (χ2v) is 26.6. The fourth-order valence-electron chi connectivity index (χ4n) is 13.2. The highest BCUT2D eigenvalue weighted by Crippen LogP contribution is 2.48. The Kier molecular flexibility index (Phi) is 23.9. The minimum absolute atomic E-state index is 0.0339. The van der Waals surface area contributed by atoms with Crippen LogP contribution >= 0.6 is 0 Å². The molecule has 9 atom stereocenters. The van der Waals surface area contributed by atoms with Crippen molar-refractivity contribution in [3.8, 4) is 11.4 Å². The van der Waals surface area contributed by atoms with Gasteiger partial charge in [0.2, 0.25) is 47.3 Å². The number of carbonyl (C=O) groups is 11. The number of aliphatic hydroxyl groups excluding tert-OH is 5. The van der Waals surface area contributed by atoms with E-state index in [1.807, 2.05) is 0 Å². The van der Waals surface area contributed by atoms with Crippen molar-refractivity contribution >= 4 is 75.9 Å². The third-order valence-corrected chi connectivity index (χ3v) is 19.2. The fraction of sp³-hybridized carbons (Fsp3) is 0.522. The Morgan fingerprint density at radius 2 is 1.44 bits per heavy atom. The second kappa shape index (κ2) is 32.5. The van der Waals surface area contributed by atoms with E-state index in [-0.39, 0.29) is 74.8 Å². The number of pyridine rings is 2. The van der Waals surface area contributed by atoms with Gasteiger partial charge in [-0.25, -0.2) is 14.2 Å². The van der Waals surface area contributed by atoms with Crippen LogP contribution in [0.1, 0.15) is 122 Å². The predicted molar refractivity (Wildman–Crippen MR) is 351 cm³/mol. The number of fused-ring (bicyclic) bond motifs is 5. The lowest BCUT2D eigenvalue weighted by Gasteiger charge is -2.32. The van der Waals surface area contributed by atoms with Crippen molar-refractivity contribution in [3.63, 3.8) is 0 Å². The van der Waals surface area contributed by atoms with Crippen LogP contribution in [0.5, 0.6) is 0 Å². The first-order valence-electron chi connectivity index (χ1n) is 33.8. The number of cyclic esters (lactones) is 1. The van der Waals surface area contributed by atoms with Crippen LogP contribution in [-0.4, -0.2) is 211 Å². The average Bonchev–Trinajstić information content (AvgIpc) is 1.60. The maximum Gasteiger partial charge on any atom is 0.343 e. The number of amides is 10. The minimum atomic E-state index is -2.04. The number of aliphatic hydroxyl groups is 6. The van der Waals surface area contributed by atoms with Crippen LogP contribution in [0, 0.1) is 24.6 Å². The number of ether oxygens (including phenoxy) is 2. The van der Waals surface area contributed by atoms with Crippen LogP contribution < -0.4 is 42.8 Å². The molecule has 5 heterocycles. The molecule has 0 spiro atoms. The summed E-state index contributed by atoms with van der Waals surface area (Å²) in [7, 11) is 1.20. The van der Waals surface area contributed by atoms with Gasteiger partial charge in [-0.1, -0.05) is 49.6 Å². The van der Waals surface area contributed by atoms with Crippen molar-refractivity contribution in [1.29, 1.82) is 0 Å². The molecule has 542 valence electrons. The van der Waals surface area contributed by atoms with E-state index < -0.39 is 177 Å². The predicted octanol–water partition coefficient (Wildman–Crippen LogP) is -2.39. The van der Waals surface area contributed by atoms with Crippen molar-refractivity contribution in [2.75, 3.05) is 53.1 Å². The smallest absolute Gasteiger partial charge is 0.343 e. The molecule has 0 saturated heterocycles. The van der Waals surface area contributed by atoms with Gasteiger partial charge in [0.25, 0.3) is 17.4 Å². The standard InChI is InChI=1S/C69H84FN11O20/c1-35-39-16-17-44(59-40-30-81-48(60(40)77-46(58(39)59)25-43(35)70)24-42-41(66(81)96)33-100-68(98)69(42,99)26-37-12-13-37)78-65(95)63(38-14-15-38)101-34-74-54(88)28-73-64(94)47(23-36-9-5-3-6-10-36)76-55(89)29-72-53(87)27-71-51(85)19-18-45(67(97)79(2)31-49(83)61(92)62(93)50(84)32-82)75-52(86)11-7-4-8-22-80-56(90)20-21-57(80)91/h3,5-6,9-10,20-21,24-25,37-38,44-45,47,49-50,61-63,82-84,92-93,99H,4,7-8,11-19,22-23,26-34H2,1-2H3,(H,71,85)(H,72,87)(H,73,94)(H,74,88)(H,75,86)(H,76,89)(H,78,95)/t44-,45-,47-,49-,50+,61+,62+,63+,69-/m0/s1. The number of aryl methyl sites for hydroxylation is 1. The number of benzene rings is 2. The van der Waals surface area contributed by atoms with Gasteiger partial charge in [-0.2, -0.15) is 0 Å². The number of aromatic nitrogens is 2. The molecule has 0 unspecified atom stereocenters. The first-order valence-corrected chi connectivity index (χ1v) is 33.8. The summed E-state index contributed by atoms with van der Waals surface area (Å²) in [5.41, 5.74) is 1.82. The van der Waals surface area contributed by atoms with Gasteiger partial charge < -0.3 is 86.8 Å². The van der Waals surface area contributed by atoms with E-state index in [1.54, 1.807) is 43.3 Å². The molecule has 10 rings (SSSR count). The number of esters is 1. The van der Waals surface area contributed by atoms with E-state index in [4.69, 9.17) is 19.6 Å². The summed E-state index contributed by atoms with van der Waals surface area (Å²) in [6.45, 7) is -2.46. The molecule has 10 amide bonds. The number of rotatable bonds is 35. The van der Waals surface area contributed by atoms with Gasteiger partial charge in [-0.15, -0.1) is 0 Å². The van der Waals surface area contributed by atoms with Gasteiger partial charge >= 0.3 is 5.97 Å². The number of unbranched alkanes of at least 4 members (excludes halogenated alkanes) is 2. The molecule has 31 nitrogen and oxygen atoms in total. The summed E-state index contributed by atoms with van der Waals surface area (Å²) in [6, 6.07) is 8.13. The maximum absolute atomic E-state index is 15.7. The van der Waals surface area contributed by atoms with E-state index in [0.717, 1.165) is 34.8 Å². The highest BCUT2D eigenvalue weighted by molar-refractivity contribution is 6.13. The summed E-state index contributed by atoms with van der Waals surface area (Å²) in [6.07, 6.45) is -2.58. The summed E-state index contributed by atoms with van der Waals surface area (Å²) < 4.78 is 28.6. The average molecular weight is 1410 g/mol. The molecule has 0 bridgehead atoms. The molecule has 3 aliphatic heterocycles. The monoisotopic (exact) mass is 1410 g/mol. The summed E-state index contributed by atoms with van der Waals surface area (Å²) >= 11 is 0. The number of hydrogen-bond donors (Lipinski definition) is 13. The molecule has 0 radical (unpaired) electrons. The maximum atomic E-state index is 15.7. The van der Waals surface area contributed by atoms with Gasteiger partial charge in [0.1, 0.15) is 61.8 Å². The van der Waals surface area contributed by atoms with Crippen LogP contribution in [0.2, 0.25) is 0 Å². The van der Waals surface area contributed by atoms with E-state index in [9.17, 15) is 83.1 Å². The SMILES string of the molecule is Cc1c(F)cc2nc3c(c4c2c1CC[C@@H]4NC(=O)[C@H](OCNC(=O)CNC(=O)[C@H](Cc1ccccc1)NC(=O)CNC(=O)CNC(=O)CC[C@H](NC(=O)CCCCCN1C(=O)C=CC1=O)C(=O)N(C)C[C@H](O)[C@@H](O)[C@H](O)[C@H](O)CO)C1CC1)Cn1c-3cc2c(c1=O)COC(=O)[C@]2(O)CC1CC1. The van der Waals surface area contributed by atoms with E-state index in [1.165, 1.54) is 17.7 Å². The molecule has 2 aromatic carbocycles. The third kappa shape index (κ3) is 17.7. The first-order chi connectivity index (χ1) is 48.2. The van der Waals surface area contributed by atoms with Gasteiger partial charge in [-0.3, -0.25) is 57.6 Å². The number of likely N-dealkylation sites (N-methyl/N-ethyl adjacent to an activating group) is 1. The molecule has 3 aliphatic carbocycles. The summed E-state index contributed by atoms with van der Waals surface area (Å²) in [5, 5.41) is 80.4. The van der Waals surface area contributed by atoms with Crippen LogP contribution in [0.3, 0.4) is 0 Å². The number of halogens is 1. The largest absolute Gasteiger partial charge is 0.458 e. The molecular formula is C69H84FN11O20. The lowest BCUT2D eigenvalue weighted by molar-refractivity contribution is -0.173. The Labute approximate surface area is 577 Å². The zero-order valence-corrected chi connectivity index (χ0v) is 55.8. The number of nitrogens with zero attached hydrogens (tertiary/aromatic N) is 4. The Bertz CT molecular complexity index is 3980. The molecule has 101 heavy (non-hydrogen) atoms. The summed E-state index contributed by atoms with van der Waals surface area (Å²) in [5.74, 6) is -8.25. The molecule has 2 fully saturated rings. The van der Waals surface area contributed by atoms with Crippen molar-refractivity contribution < 1.29 is 97.2 Å². The van der Waals surface area contributed by atoms with E-state index in [0.29, 0.717) is 88.6 Å². The lowest BCUT2D eigenvalue weighted by Crippen LogP contribution is -2.53. The first kappa shape index (κ1) is 74.3. The quantitative estimate of drug-likeness (QED) is 0.00871. The van der Waals surface area contributed by atoms with Crippen LogP contribution in [0.15, 0.2) is 59.4 Å². The number of imide groups is 1. The highest BCUT2D eigenvalue weighted by Gasteiger charge is 2.50. The van der Waals surface area contributed by atoms with Gasteiger partial charge in [0.15, 0.2) is 5.60 Å². The lowest BCUT2D eigenvalue weighted by atomic mass is 9.81. The van der Waals surface area contributed by atoms with Crippen molar-refractivity contribution in [2.24, 2.45) is 11.8 Å². The number of nitrogens with one attached hydrogen (secondary N) is 7. The van der Waals surface area contributed by atoms with E-state index in [2.05, 4.69) is 37.2 Å². The van der Waals surface area contributed by atoms with Crippen LogP contribution in [-0.2, 0) is 93.8 Å². The topological polar surface area (TPSA) is 453 Å². The van der Waals surface area contributed by atoms with Crippen molar-refractivity contribution in [1.82, 2.24) is 56.6 Å². The van der Waals surface area contributed by atoms with Crippen LogP contribution in [0.25, 0.3) is 22.3 Å². The summed E-state index contributed by atoms with van der Waals surface area (Å²) in [4.78, 5) is 166. The Morgan fingerprint density at radius 3 is 2.14 bits per heavy atom. The normalized spacial score (nSPS) is 19.3. The zero-order chi connectivity index (χ0) is 72.6. The molecule has 6 aliphatic rings. The molecule has 4 aromatic rings. The molecule has 32 heteroatoms. The molecular weight excluding hydrogens is 1320 g/mol. The minimum Gasteiger partial charge on any atom is -0.458 e. The van der Waals surface area contributed by atoms with Gasteiger partial charge in [0.05, 0.1) is 61.3 Å².